The van der Waals surface area contributed by atoms with Crippen molar-refractivity contribution in [3.05, 3.63) is 0 Å². The summed E-state index contributed by atoms with van der Waals surface area (Å²) in [5, 5.41) is 18.7. The van der Waals surface area contributed by atoms with E-state index in [-0.39, 0.29) is 31.5 Å². The molecular weight excluding hydrogens is 694 g/mol. The topological polar surface area (TPSA) is 114 Å². The Kier molecular flexibility index (Phi) is 20.6. The molecule has 0 aliphatic rings. The molecule has 0 aromatic heterocycles. The van der Waals surface area contributed by atoms with Crippen LogP contribution in [0.15, 0.2) is 0 Å². The van der Waals surface area contributed by atoms with Crippen molar-refractivity contribution in [3.63, 3.8) is 0 Å². The maximum Gasteiger partial charge on any atom is 0.389 e. The molecule has 0 amide bonds. The lowest BCUT2D eigenvalue weighted by Gasteiger charge is -2.44. The van der Waals surface area contributed by atoms with E-state index in [1.807, 2.05) is 53.1 Å². The lowest BCUT2D eigenvalue weighted by atomic mass is 10.4. The number of hydrogen-bond donors (Lipinski definition) is 2. The molecule has 0 spiro atoms. The maximum absolute atomic E-state index is 13.4. The first-order valence-electron chi connectivity index (χ1n) is 16.3. The van der Waals surface area contributed by atoms with Crippen LogP contribution in [0.25, 0.3) is 0 Å². The maximum atomic E-state index is 13.4. The number of ether oxygens (including phenoxy) is 4. The second-order valence-electron chi connectivity index (χ2n) is 14.7. The van der Waals surface area contributed by atoms with Gasteiger partial charge in [0.25, 0.3) is 0 Å². The van der Waals surface area contributed by atoms with Gasteiger partial charge in [0.15, 0.2) is 8.32 Å². The minimum Gasteiger partial charge on any atom is -0.436 e. The second-order valence-corrected chi connectivity index (χ2v) is 34.1. The van der Waals surface area contributed by atoms with Crippen molar-refractivity contribution in [2.45, 2.75) is 142 Å². The summed E-state index contributed by atoms with van der Waals surface area (Å²) >= 11 is 0. The molecule has 0 saturated carbocycles. The molecule has 0 bridgehead atoms. The van der Waals surface area contributed by atoms with E-state index in [0.29, 0.717) is 26.1 Å². The summed E-state index contributed by atoms with van der Waals surface area (Å²) in [5.41, 5.74) is 0. The fourth-order valence-electron chi connectivity index (χ4n) is 5.01. The Labute approximate surface area is 281 Å². The molecule has 0 saturated heterocycles. The molecule has 0 rings (SSSR count). The lowest BCUT2D eigenvalue weighted by molar-refractivity contribution is -0.131. The van der Waals surface area contributed by atoms with Crippen molar-refractivity contribution in [2.75, 3.05) is 39.3 Å². The predicted molar refractivity (Wildman–Crippen MR) is 187 cm³/mol. The van der Waals surface area contributed by atoms with Crippen LogP contribution < -0.4 is 0 Å². The Morgan fingerprint density at radius 1 is 0.587 bits per heavy atom. The quantitative estimate of drug-likeness (QED) is 0.0757. The van der Waals surface area contributed by atoms with Gasteiger partial charge < -0.3 is 45.6 Å². The van der Waals surface area contributed by atoms with Gasteiger partial charge in [0, 0.05) is 13.0 Å². The summed E-state index contributed by atoms with van der Waals surface area (Å²) in [6, 6.07) is 0.543. The smallest absolute Gasteiger partial charge is 0.389 e. The molecule has 18 heteroatoms. The van der Waals surface area contributed by atoms with Crippen LogP contribution in [0.2, 0.25) is 71.0 Å². The Hall–Kier alpha value is 0.474. The van der Waals surface area contributed by atoms with E-state index < -0.39 is 67.1 Å². The zero-order valence-electron chi connectivity index (χ0n) is 30.7. The highest BCUT2D eigenvalue weighted by Crippen LogP contribution is 2.33. The van der Waals surface area contributed by atoms with Crippen molar-refractivity contribution < 1.29 is 58.8 Å². The molecule has 5 unspecified atom stereocenters. The van der Waals surface area contributed by atoms with Crippen LogP contribution in [0.3, 0.4) is 0 Å². The second kappa shape index (κ2) is 20.4. The van der Waals surface area contributed by atoms with Crippen LogP contribution >= 0.6 is 0 Å². The summed E-state index contributed by atoms with van der Waals surface area (Å²) in [7, 11) is -14.0. The van der Waals surface area contributed by atoms with Gasteiger partial charge in [-0.2, -0.15) is 13.2 Å². The summed E-state index contributed by atoms with van der Waals surface area (Å²) in [5.74, 6) is 0. The van der Waals surface area contributed by atoms with Crippen LogP contribution in [-0.2, 0) is 35.4 Å². The standard InChI is InChI=1S/C28H65F3O10Si5/c1-24(32)19-36-26(3)21-34-16-14-17-42(5,6)38-44(9,10)40-46(13,18-15-28(29,30)31)41-45(11,12)39-43(7,8)23-35-22-27(4)37-20-25(2)33/h24-27,32-33H,14-23H2,1-13H3. The van der Waals surface area contributed by atoms with Gasteiger partial charge in [-0.15, -0.1) is 0 Å². The highest BCUT2D eigenvalue weighted by atomic mass is 28.5. The summed E-state index contributed by atoms with van der Waals surface area (Å²) in [6.45, 7) is 26.1. The largest absolute Gasteiger partial charge is 0.436 e. The van der Waals surface area contributed by atoms with Crippen LogP contribution in [0.5, 0.6) is 0 Å². The molecule has 0 heterocycles. The van der Waals surface area contributed by atoms with Crippen molar-refractivity contribution in [3.8, 4) is 0 Å². The van der Waals surface area contributed by atoms with Gasteiger partial charge in [-0.25, -0.2) is 0 Å². The number of aliphatic hydroxyl groups is 2. The molecule has 46 heavy (non-hydrogen) atoms. The van der Waals surface area contributed by atoms with Gasteiger partial charge in [-0.05, 0) is 105 Å². The van der Waals surface area contributed by atoms with E-state index in [2.05, 4.69) is 13.1 Å². The molecule has 0 radical (unpaired) electrons. The summed E-state index contributed by atoms with van der Waals surface area (Å²) in [6.07, 6.45) is -5.64. The van der Waals surface area contributed by atoms with Crippen molar-refractivity contribution in [1.82, 2.24) is 0 Å². The third-order valence-electron chi connectivity index (χ3n) is 6.30. The number of rotatable bonds is 26. The predicted octanol–water partition coefficient (Wildman–Crippen LogP) is 6.43. The van der Waals surface area contributed by atoms with Gasteiger partial charge in [-0.3, -0.25) is 0 Å². The van der Waals surface area contributed by atoms with Crippen LogP contribution in [0.4, 0.5) is 13.2 Å². The number of hydrogen-bond acceptors (Lipinski definition) is 10. The van der Waals surface area contributed by atoms with Crippen molar-refractivity contribution in [2.24, 2.45) is 0 Å². The molecule has 0 aliphatic heterocycles. The van der Waals surface area contributed by atoms with Gasteiger partial charge >= 0.3 is 31.9 Å². The Bertz CT molecular complexity index is 838. The van der Waals surface area contributed by atoms with Gasteiger partial charge in [-0.1, -0.05) is 0 Å². The Balaban J connectivity index is 5.30. The zero-order valence-corrected chi connectivity index (χ0v) is 35.7. The van der Waals surface area contributed by atoms with E-state index in [9.17, 15) is 23.4 Å². The molecule has 0 aromatic carbocycles. The van der Waals surface area contributed by atoms with Crippen LogP contribution in [-0.4, -0.2) is 122 Å². The summed E-state index contributed by atoms with van der Waals surface area (Å²) in [4.78, 5) is 0. The average molecular weight is 759 g/mol. The van der Waals surface area contributed by atoms with E-state index in [0.717, 1.165) is 12.5 Å². The monoisotopic (exact) mass is 758 g/mol. The fraction of sp³-hybridized carbons (Fsp3) is 1.00. The molecule has 2 N–H and O–H groups in total. The summed E-state index contributed by atoms with van der Waals surface area (Å²) < 4.78 is 89.3. The van der Waals surface area contributed by atoms with Gasteiger partial charge in [0.2, 0.25) is 8.32 Å². The zero-order chi connectivity index (χ0) is 36.0. The highest BCUT2D eigenvalue weighted by molar-refractivity contribution is 6.90. The third-order valence-corrected chi connectivity index (χ3v) is 25.7. The Morgan fingerprint density at radius 2 is 1.02 bits per heavy atom. The van der Waals surface area contributed by atoms with E-state index in [1.165, 1.54) is 0 Å². The molecule has 0 aromatic rings. The van der Waals surface area contributed by atoms with Gasteiger partial charge in [0.05, 0.1) is 57.1 Å². The number of halogens is 3. The molecule has 0 aliphatic carbocycles. The number of alkyl halides is 3. The minimum atomic E-state index is -4.35. The first-order valence-corrected chi connectivity index (χ1v) is 30.7. The first kappa shape index (κ1) is 46.5. The minimum absolute atomic E-state index is 0.127. The SMILES string of the molecule is CC(O)COC(C)COCCC[Si](C)(C)O[Si](C)(C)O[Si](C)(CCC(F)(F)F)O[Si](C)(C)O[Si](C)(C)COCC(C)OCC(C)O. The lowest BCUT2D eigenvalue weighted by Crippen LogP contribution is -2.60. The van der Waals surface area contributed by atoms with E-state index in [4.69, 9.17) is 35.4 Å². The molecule has 278 valence electrons. The molecule has 5 atom stereocenters. The molecule has 10 nitrogen and oxygen atoms in total. The molecular formula is C28H65F3O10Si5. The normalized spacial score (nSPS) is 17.9. The third kappa shape index (κ3) is 25.4. The Morgan fingerprint density at radius 3 is 1.46 bits per heavy atom. The molecule has 0 fully saturated rings. The van der Waals surface area contributed by atoms with E-state index >= 15 is 0 Å². The average Bonchev–Trinajstić information content (AvgIpc) is 2.82. The van der Waals surface area contributed by atoms with Crippen LogP contribution in [0, 0.1) is 0 Å². The van der Waals surface area contributed by atoms with Crippen molar-refractivity contribution in [1.29, 1.82) is 0 Å². The fourth-order valence-corrected chi connectivity index (χ4v) is 29.4. The van der Waals surface area contributed by atoms with E-state index in [1.54, 1.807) is 20.4 Å². The van der Waals surface area contributed by atoms with Crippen molar-refractivity contribution >= 4 is 42.3 Å². The first-order chi connectivity index (χ1) is 20.7. The number of aliphatic hydroxyl groups excluding tert-OH is 2. The van der Waals surface area contributed by atoms with Crippen LogP contribution in [0.1, 0.15) is 40.5 Å². The highest BCUT2D eigenvalue weighted by Gasteiger charge is 2.49. The van der Waals surface area contributed by atoms with Gasteiger partial charge in [0.1, 0.15) is 0 Å².